The van der Waals surface area contributed by atoms with Crippen molar-refractivity contribution in [3.63, 3.8) is 0 Å². The van der Waals surface area contributed by atoms with Crippen molar-refractivity contribution in [2.75, 3.05) is 5.73 Å². The van der Waals surface area contributed by atoms with Gasteiger partial charge < -0.3 is 5.73 Å². The second kappa shape index (κ2) is 4.48. The van der Waals surface area contributed by atoms with E-state index in [2.05, 4.69) is 10.9 Å². The monoisotopic (exact) mass is 220 g/mol. The van der Waals surface area contributed by atoms with Gasteiger partial charge in [-0.05, 0) is 0 Å². The summed E-state index contributed by atoms with van der Waals surface area (Å²) in [5.41, 5.74) is 7.45. The summed E-state index contributed by atoms with van der Waals surface area (Å²) in [6.07, 6.45) is 0. The summed E-state index contributed by atoms with van der Waals surface area (Å²) in [5.74, 6) is 0. The summed E-state index contributed by atoms with van der Waals surface area (Å²) in [6.45, 7) is 8.54. The summed E-state index contributed by atoms with van der Waals surface area (Å²) >= 11 is 0. The van der Waals surface area contributed by atoms with Crippen LogP contribution in [0.4, 0.5) is 11.4 Å². The smallest absolute Gasteiger partial charge is 0.210 e. The molecule has 11 heavy (non-hydrogen) atoms. The summed E-state index contributed by atoms with van der Waals surface area (Å²) < 4.78 is 0. The van der Waals surface area contributed by atoms with Crippen molar-refractivity contribution in [3.8, 4) is 0 Å². The molecule has 0 aliphatic heterocycles. The molecule has 0 aliphatic rings. The van der Waals surface area contributed by atoms with Crippen LogP contribution in [0.2, 0.25) is 0 Å². The maximum atomic E-state index is 6.72. The number of rotatable bonds is 0. The normalized spacial score (nSPS) is 8.00. The standard InChI is InChI=1S/C8H7N2.Y/c1-6-5-7(9)3-4-8(6)10-2;/h3-4H,9H2,1H3;/q-1;. The van der Waals surface area contributed by atoms with Gasteiger partial charge in [0.1, 0.15) is 6.57 Å². The number of nitrogens with zero attached hydrogens (tertiary/aromatic N) is 1. The van der Waals surface area contributed by atoms with E-state index in [1.54, 1.807) is 12.1 Å². The first-order valence-electron chi connectivity index (χ1n) is 2.90. The first-order chi connectivity index (χ1) is 4.74. The molecule has 3 heteroatoms. The molecule has 0 heterocycles. The number of hydrogen-bond acceptors (Lipinski definition) is 1. The quantitative estimate of drug-likeness (QED) is 0.525. The third-order valence-electron chi connectivity index (χ3n) is 1.26. The molecule has 0 bridgehead atoms. The van der Waals surface area contributed by atoms with Gasteiger partial charge in [-0.15, -0.1) is 12.1 Å². The molecule has 0 spiro atoms. The van der Waals surface area contributed by atoms with Crippen molar-refractivity contribution in [2.24, 2.45) is 0 Å². The number of benzene rings is 1. The Bertz CT molecular complexity index is 289. The van der Waals surface area contributed by atoms with Crippen LogP contribution in [0.25, 0.3) is 4.85 Å². The van der Waals surface area contributed by atoms with Crippen molar-refractivity contribution in [2.45, 2.75) is 6.92 Å². The Morgan fingerprint density at radius 2 is 2.18 bits per heavy atom. The molecule has 0 atom stereocenters. The minimum Gasteiger partial charge on any atom is -0.420 e. The molecule has 1 rings (SSSR count). The Morgan fingerprint density at radius 1 is 1.55 bits per heavy atom. The van der Waals surface area contributed by atoms with Gasteiger partial charge in [0.15, 0.2) is 0 Å². The fraction of sp³-hybridized carbons (Fsp3) is 0.125. The molecule has 0 amide bonds. The van der Waals surface area contributed by atoms with E-state index in [-0.39, 0.29) is 32.7 Å². The van der Waals surface area contributed by atoms with E-state index in [9.17, 15) is 0 Å². The number of anilines is 1. The molecule has 1 aromatic carbocycles. The maximum Gasteiger partial charge on any atom is 0.210 e. The van der Waals surface area contributed by atoms with E-state index in [1.165, 1.54) is 0 Å². The Morgan fingerprint density at radius 3 is 2.64 bits per heavy atom. The van der Waals surface area contributed by atoms with Crippen LogP contribution in [-0.2, 0) is 32.7 Å². The van der Waals surface area contributed by atoms with E-state index in [4.69, 9.17) is 12.3 Å². The summed E-state index contributed by atoms with van der Waals surface area (Å²) in [6, 6.07) is 6.24. The van der Waals surface area contributed by atoms with Gasteiger partial charge in [-0.3, -0.25) is 0 Å². The van der Waals surface area contributed by atoms with E-state index in [1.807, 2.05) is 6.92 Å². The zero-order valence-electron chi connectivity index (χ0n) is 6.26. The summed E-state index contributed by atoms with van der Waals surface area (Å²) in [7, 11) is 0. The first-order valence-corrected chi connectivity index (χ1v) is 2.90. The largest absolute Gasteiger partial charge is 0.420 e. The molecule has 2 nitrogen and oxygen atoms in total. The number of hydrogen-bond donors (Lipinski definition) is 1. The molecule has 0 saturated carbocycles. The third-order valence-corrected chi connectivity index (χ3v) is 1.26. The fourth-order valence-electron chi connectivity index (χ4n) is 0.737. The van der Waals surface area contributed by atoms with Gasteiger partial charge in [-0.25, -0.2) is 4.85 Å². The molecule has 0 aliphatic carbocycles. The minimum atomic E-state index is 0. The summed E-state index contributed by atoms with van der Waals surface area (Å²) in [5, 5.41) is 0. The van der Waals surface area contributed by atoms with Crippen LogP contribution in [0.3, 0.4) is 0 Å². The zero-order valence-corrected chi connectivity index (χ0v) is 9.09. The van der Waals surface area contributed by atoms with Gasteiger partial charge in [0.05, 0.1) is 0 Å². The van der Waals surface area contributed by atoms with Gasteiger partial charge >= 0.3 is 0 Å². The average molecular weight is 220 g/mol. The van der Waals surface area contributed by atoms with Crippen LogP contribution in [0, 0.1) is 19.6 Å². The molecule has 2 N–H and O–H groups in total. The van der Waals surface area contributed by atoms with E-state index >= 15 is 0 Å². The van der Waals surface area contributed by atoms with Crippen LogP contribution in [0.1, 0.15) is 5.56 Å². The van der Waals surface area contributed by atoms with E-state index < -0.39 is 0 Å². The predicted molar refractivity (Wildman–Crippen MR) is 40.7 cm³/mol. The van der Waals surface area contributed by atoms with Gasteiger partial charge in [-0.2, -0.15) is 0 Å². The Balaban J connectivity index is 0.000001000. The van der Waals surface area contributed by atoms with Crippen molar-refractivity contribution in [1.82, 2.24) is 0 Å². The first kappa shape index (κ1) is 10.6. The van der Waals surface area contributed by atoms with E-state index in [0.29, 0.717) is 11.4 Å². The molecular weight excluding hydrogens is 213 g/mol. The SMILES string of the molecule is [C-]#[N+]c1ccc(N)[c-]c1C.[Y]. The molecule has 1 aromatic rings. The predicted octanol–water partition coefficient (Wildman–Crippen LogP) is 1.93. The average Bonchev–Trinajstić information content (AvgIpc) is 1.88. The number of nitrogen functional groups attached to an aromatic ring is 1. The van der Waals surface area contributed by atoms with Crippen molar-refractivity contribution in [1.29, 1.82) is 0 Å². The van der Waals surface area contributed by atoms with E-state index in [0.717, 1.165) is 5.56 Å². The molecule has 1 radical (unpaired) electrons. The Labute approximate surface area is 91.5 Å². The molecule has 0 unspecified atom stereocenters. The van der Waals surface area contributed by atoms with Crippen LogP contribution in [0.5, 0.6) is 0 Å². The molecular formula is C8H7N2Y-. The zero-order chi connectivity index (χ0) is 7.56. The summed E-state index contributed by atoms with van der Waals surface area (Å²) in [4.78, 5) is 3.27. The van der Waals surface area contributed by atoms with Crippen LogP contribution in [-0.4, -0.2) is 0 Å². The van der Waals surface area contributed by atoms with Crippen molar-refractivity contribution >= 4 is 11.4 Å². The van der Waals surface area contributed by atoms with Gasteiger partial charge in [0.2, 0.25) is 5.69 Å². The fourth-order valence-corrected chi connectivity index (χ4v) is 0.737. The molecule has 53 valence electrons. The second-order valence-electron chi connectivity index (χ2n) is 2.04. The van der Waals surface area contributed by atoms with Crippen LogP contribution >= 0.6 is 0 Å². The van der Waals surface area contributed by atoms with Crippen LogP contribution in [0.15, 0.2) is 12.1 Å². The number of nitrogens with two attached hydrogens (primary N) is 1. The second-order valence-corrected chi connectivity index (χ2v) is 2.04. The number of aryl methyl sites for hydroxylation is 1. The third kappa shape index (κ3) is 2.61. The molecule has 0 fully saturated rings. The van der Waals surface area contributed by atoms with Crippen molar-refractivity contribution < 1.29 is 32.7 Å². The maximum absolute atomic E-state index is 6.72. The van der Waals surface area contributed by atoms with Gasteiger partial charge in [-0.1, -0.05) is 24.2 Å². The van der Waals surface area contributed by atoms with Gasteiger partial charge in [0.25, 0.3) is 0 Å². The van der Waals surface area contributed by atoms with Crippen molar-refractivity contribution in [3.05, 3.63) is 35.2 Å². The van der Waals surface area contributed by atoms with Gasteiger partial charge in [0, 0.05) is 32.7 Å². The molecule has 0 aromatic heterocycles. The topological polar surface area (TPSA) is 30.4 Å². The minimum absolute atomic E-state index is 0. The Kier molecular flexibility index (Phi) is 4.33. The molecule has 0 saturated heterocycles. The Hall–Kier alpha value is -0.386. The van der Waals surface area contributed by atoms with Crippen LogP contribution < -0.4 is 5.73 Å².